The van der Waals surface area contributed by atoms with Gasteiger partial charge in [0.05, 0.1) is 5.02 Å². The summed E-state index contributed by atoms with van der Waals surface area (Å²) in [7, 11) is 0. The maximum atomic E-state index is 11.8. The van der Waals surface area contributed by atoms with Crippen LogP contribution in [0.15, 0.2) is 18.3 Å². The lowest BCUT2D eigenvalue weighted by Gasteiger charge is -2.26. The van der Waals surface area contributed by atoms with Crippen LogP contribution < -0.4 is 4.90 Å². The predicted molar refractivity (Wildman–Crippen MR) is 64.6 cm³/mol. The topological polar surface area (TPSA) is 33.2 Å². The van der Waals surface area contributed by atoms with Crippen molar-refractivity contribution in [2.24, 2.45) is 5.92 Å². The van der Waals surface area contributed by atoms with Gasteiger partial charge in [-0.2, -0.15) is 0 Å². The zero-order chi connectivity index (χ0) is 11.7. The number of aromatic nitrogens is 1. The van der Waals surface area contributed by atoms with E-state index in [2.05, 4.69) is 18.8 Å². The van der Waals surface area contributed by atoms with Crippen LogP contribution >= 0.6 is 11.6 Å². The summed E-state index contributed by atoms with van der Waals surface area (Å²) in [5.41, 5.74) is 0. The van der Waals surface area contributed by atoms with E-state index < -0.39 is 0 Å². The van der Waals surface area contributed by atoms with Crippen molar-refractivity contribution in [3.05, 3.63) is 23.4 Å². The minimum atomic E-state index is 0.161. The number of hydrogen-bond donors (Lipinski definition) is 0. The van der Waals surface area contributed by atoms with Gasteiger partial charge >= 0.3 is 0 Å². The van der Waals surface area contributed by atoms with Crippen molar-refractivity contribution in [1.82, 2.24) is 4.98 Å². The Morgan fingerprint density at radius 2 is 2.25 bits per heavy atom. The molecule has 0 aromatic carbocycles. The van der Waals surface area contributed by atoms with Crippen molar-refractivity contribution in [2.75, 3.05) is 4.90 Å². The van der Waals surface area contributed by atoms with Gasteiger partial charge in [-0.05, 0) is 24.5 Å². The van der Waals surface area contributed by atoms with Crippen LogP contribution in [0.3, 0.4) is 0 Å². The third-order valence-corrected chi connectivity index (χ3v) is 3.21. The van der Waals surface area contributed by atoms with E-state index >= 15 is 0 Å². The number of amides is 1. The Bertz CT molecular complexity index is 389. The molecule has 1 unspecified atom stereocenters. The number of carbonyl (C=O) groups is 1. The molecule has 0 spiro atoms. The minimum absolute atomic E-state index is 0.161. The first-order valence-electron chi connectivity index (χ1n) is 5.53. The van der Waals surface area contributed by atoms with E-state index in [0.717, 1.165) is 6.42 Å². The second-order valence-corrected chi connectivity index (χ2v) is 4.88. The van der Waals surface area contributed by atoms with Gasteiger partial charge < -0.3 is 0 Å². The Balaban J connectivity index is 2.30. The summed E-state index contributed by atoms with van der Waals surface area (Å²) in [4.78, 5) is 17.9. The van der Waals surface area contributed by atoms with Crippen molar-refractivity contribution < 1.29 is 4.79 Å². The highest BCUT2D eigenvalue weighted by Gasteiger charge is 2.34. The fourth-order valence-corrected chi connectivity index (χ4v) is 2.26. The number of hydrogen-bond acceptors (Lipinski definition) is 2. The Hall–Kier alpha value is -1.09. The molecule has 1 aliphatic rings. The van der Waals surface area contributed by atoms with Crippen LogP contribution in [0.4, 0.5) is 5.82 Å². The van der Waals surface area contributed by atoms with Gasteiger partial charge in [-0.1, -0.05) is 25.4 Å². The van der Waals surface area contributed by atoms with E-state index in [-0.39, 0.29) is 11.9 Å². The van der Waals surface area contributed by atoms with Gasteiger partial charge in [0.15, 0.2) is 0 Å². The van der Waals surface area contributed by atoms with E-state index in [4.69, 9.17) is 11.6 Å². The monoisotopic (exact) mass is 238 g/mol. The highest BCUT2D eigenvalue weighted by molar-refractivity contribution is 6.30. The van der Waals surface area contributed by atoms with Crippen LogP contribution in [-0.4, -0.2) is 16.9 Å². The van der Waals surface area contributed by atoms with Crippen LogP contribution in [-0.2, 0) is 4.79 Å². The fourth-order valence-electron chi connectivity index (χ4n) is 2.15. The van der Waals surface area contributed by atoms with Crippen molar-refractivity contribution >= 4 is 23.3 Å². The molecule has 2 rings (SSSR count). The van der Waals surface area contributed by atoms with Crippen molar-refractivity contribution in [3.8, 4) is 0 Å². The molecule has 1 aromatic rings. The summed E-state index contributed by atoms with van der Waals surface area (Å²) in [6.07, 6.45) is 3.12. The lowest BCUT2D eigenvalue weighted by atomic mass is 10.0. The van der Waals surface area contributed by atoms with Crippen LogP contribution in [0.5, 0.6) is 0 Å². The summed E-state index contributed by atoms with van der Waals surface area (Å²) in [5, 5.41) is 0.594. The lowest BCUT2D eigenvalue weighted by Crippen LogP contribution is -2.36. The minimum Gasteiger partial charge on any atom is -0.293 e. The molecule has 1 amide bonds. The van der Waals surface area contributed by atoms with E-state index in [1.165, 1.54) is 0 Å². The standard InChI is InChI=1S/C12H15ClN2O/c1-8(2)10-4-6-12(16)15(10)11-5-3-9(13)7-14-11/h3,5,7-8,10H,4,6H2,1-2H3. The molecule has 0 N–H and O–H groups in total. The molecule has 86 valence electrons. The fraction of sp³-hybridized carbons (Fsp3) is 0.500. The average Bonchev–Trinajstić information content (AvgIpc) is 2.62. The van der Waals surface area contributed by atoms with E-state index in [1.807, 2.05) is 0 Å². The van der Waals surface area contributed by atoms with Crippen LogP contribution in [0.2, 0.25) is 5.02 Å². The summed E-state index contributed by atoms with van der Waals surface area (Å²) in [5.74, 6) is 1.32. The number of carbonyl (C=O) groups excluding carboxylic acids is 1. The number of nitrogens with zero attached hydrogens (tertiary/aromatic N) is 2. The first kappa shape index (κ1) is 11.4. The molecule has 0 saturated carbocycles. The maximum Gasteiger partial charge on any atom is 0.228 e. The Morgan fingerprint density at radius 3 is 2.81 bits per heavy atom. The second-order valence-electron chi connectivity index (χ2n) is 4.45. The summed E-state index contributed by atoms with van der Waals surface area (Å²) < 4.78 is 0. The molecule has 4 heteroatoms. The zero-order valence-corrected chi connectivity index (χ0v) is 10.2. The van der Waals surface area contributed by atoms with Crippen molar-refractivity contribution in [2.45, 2.75) is 32.7 Å². The lowest BCUT2D eigenvalue weighted by molar-refractivity contribution is -0.117. The van der Waals surface area contributed by atoms with Gasteiger partial charge in [-0.25, -0.2) is 4.98 Å². The Morgan fingerprint density at radius 1 is 1.50 bits per heavy atom. The van der Waals surface area contributed by atoms with Gasteiger partial charge in [0, 0.05) is 18.7 Å². The molecule has 1 aromatic heterocycles. The molecule has 0 bridgehead atoms. The third kappa shape index (κ3) is 2.05. The van der Waals surface area contributed by atoms with E-state index in [1.54, 1.807) is 23.2 Å². The van der Waals surface area contributed by atoms with Gasteiger partial charge in [-0.15, -0.1) is 0 Å². The highest BCUT2D eigenvalue weighted by atomic mass is 35.5. The Labute approximate surface area is 100 Å². The second kappa shape index (κ2) is 4.42. The van der Waals surface area contributed by atoms with E-state index in [0.29, 0.717) is 23.2 Å². The third-order valence-electron chi connectivity index (χ3n) is 2.98. The zero-order valence-electron chi connectivity index (χ0n) is 9.48. The molecule has 16 heavy (non-hydrogen) atoms. The number of pyridine rings is 1. The molecule has 2 heterocycles. The molecular formula is C12H15ClN2O. The molecule has 1 fully saturated rings. The molecule has 3 nitrogen and oxygen atoms in total. The number of rotatable bonds is 2. The SMILES string of the molecule is CC(C)C1CCC(=O)N1c1ccc(Cl)cn1. The maximum absolute atomic E-state index is 11.8. The van der Waals surface area contributed by atoms with Gasteiger partial charge in [0.2, 0.25) is 5.91 Å². The molecular weight excluding hydrogens is 224 g/mol. The summed E-state index contributed by atoms with van der Waals surface area (Å²) in [6, 6.07) is 3.84. The van der Waals surface area contributed by atoms with Gasteiger partial charge in [0.25, 0.3) is 0 Å². The normalized spacial score (nSPS) is 20.9. The molecule has 1 saturated heterocycles. The highest BCUT2D eigenvalue weighted by Crippen LogP contribution is 2.29. The van der Waals surface area contributed by atoms with Crippen LogP contribution in [0, 0.1) is 5.92 Å². The summed E-state index contributed by atoms with van der Waals surface area (Å²) >= 11 is 5.79. The van der Waals surface area contributed by atoms with Crippen LogP contribution in [0.1, 0.15) is 26.7 Å². The molecule has 1 atom stereocenters. The molecule has 1 aliphatic heterocycles. The quantitative estimate of drug-likeness (QED) is 0.794. The molecule has 0 aliphatic carbocycles. The largest absolute Gasteiger partial charge is 0.293 e. The first-order chi connectivity index (χ1) is 7.59. The van der Waals surface area contributed by atoms with Gasteiger partial charge in [-0.3, -0.25) is 9.69 Å². The molecule has 0 radical (unpaired) electrons. The first-order valence-corrected chi connectivity index (χ1v) is 5.91. The average molecular weight is 239 g/mol. The smallest absolute Gasteiger partial charge is 0.228 e. The Kier molecular flexibility index (Phi) is 3.15. The van der Waals surface area contributed by atoms with Gasteiger partial charge in [0.1, 0.15) is 5.82 Å². The number of halogens is 1. The predicted octanol–water partition coefficient (Wildman–Crippen LogP) is 2.89. The van der Waals surface area contributed by atoms with E-state index in [9.17, 15) is 4.79 Å². The van der Waals surface area contributed by atoms with Crippen LogP contribution in [0.25, 0.3) is 0 Å². The van der Waals surface area contributed by atoms with Crippen molar-refractivity contribution in [3.63, 3.8) is 0 Å². The summed E-state index contributed by atoms with van der Waals surface area (Å²) in [6.45, 7) is 4.26. The van der Waals surface area contributed by atoms with Crippen molar-refractivity contribution in [1.29, 1.82) is 0 Å². The number of anilines is 1.